The van der Waals surface area contributed by atoms with Crippen molar-refractivity contribution in [2.75, 3.05) is 26.1 Å². The fraction of sp³-hybridized carbons (Fsp3) is 0.217. The fourth-order valence-corrected chi connectivity index (χ4v) is 4.06. The summed E-state index contributed by atoms with van der Waals surface area (Å²) in [5.74, 6) is 3.16. The van der Waals surface area contributed by atoms with Gasteiger partial charge in [-0.25, -0.2) is 0 Å². The van der Waals surface area contributed by atoms with Crippen molar-refractivity contribution in [1.29, 1.82) is 0 Å². The molecule has 0 spiro atoms. The molecular formula is C23H21ClN4O5S. The number of anilines is 1. The summed E-state index contributed by atoms with van der Waals surface area (Å²) in [7, 11) is 3.04. The molecule has 0 saturated carbocycles. The van der Waals surface area contributed by atoms with Gasteiger partial charge in [-0.1, -0.05) is 29.3 Å². The van der Waals surface area contributed by atoms with Gasteiger partial charge in [-0.3, -0.25) is 9.59 Å². The fourth-order valence-electron chi connectivity index (χ4n) is 2.86. The Morgan fingerprint density at radius 2 is 2.06 bits per heavy atom. The van der Waals surface area contributed by atoms with E-state index in [1.807, 2.05) is 0 Å². The minimum atomic E-state index is -0.616. The Labute approximate surface area is 205 Å². The smallest absolute Gasteiger partial charge is 0.240 e. The highest BCUT2D eigenvalue weighted by Crippen LogP contribution is 2.36. The largest absolute Gasteiger partial charge is 0.497 e. The molecule has 1 atom stereocenters. The van der Waals surface area contributed by atoms with Crippen molar-refractivity contribution in [2.24, 2.45) is 10.2 Å². The van der Waals surface area contributed by atoms with Crippen molar-refractivity contribution < 1.29 is 23.8 Å². The predicted molar refractivity (Wildman–Crippen MR) is 133 cm³/mol. The lowest BCUT2D eigenvalue weighted by molar-refractivity contribution is -0.122. The van der Waals surface area contributed by atoms with E-state index >= 15 is 0 Å². The number of methoxy groups -OCH3 is 2. The molecule has 0 bridgehead atoms. The number of amides is 2. The van der Waals surface area contributed by atoms with Gasteiger partial charge in [0.2, 0.25) is 11.8 Å². The summed E-state index contributed by atoms with van der Waals surface area (Å²) in [6, 6.07) is 10.2. The van der Waals surface area contributed by atoms with Crippen LogP contribution in [0.4, 0.5) is 5.69 Å². The number of benzene rings is 2. The summed E-state index contributed by atoms with van der Waals surface area (Å²) in [6.07, 6.45) is 6.64. The second-order valence-corrected chi connectivity index (χ2v) is 8.35. The summed E-state index contributed by atoms with van der Waals surface area (Å²) in [5, 5.41) is 13.3. The maximum Gasteiger partial charge on any atom is 0.240 e. The van der Waals surface area contributed by atoms with Gasteiger partial charge in [-0.15, -0.1) is 11.5 Å². The number of terminal acetylenes is 1. The van der Waals surface area contributed by atoms with Crippen molar-refractivity contribution in [3.8, 4) is 29.6 Å². The minimum Gasteiger partial charge on any atom is -0.497 e. The molecule has 0 radical (unpaired) electrons. The average Bonchev–Trinajstić information content (AvgIpc) is 3.17. The standard InChI is InChI=1S/C23H21ClN4O5S/c1-4-9-33-21-17(24)10-14(11-18(21)32-3)13-25-28-23-27-22(30)19(34-23)12-20(29)26-15-5-7-16(31-2)8-6-15/h1,5-8,10-11,13,19H,9,12H2,2-3H3,(H,26,29)(H,27,28,30). The molecule has 0 aromatic heterocycles. The highest BCUT2D eigenvalue weighted by molar-refractivity contribution is 8.15. The van der Waals surface area contributed by atoms with Crippen LogP contribution < -0.4 is 24.8 Å². The van der Waals surface area contributed by atoms with Crippen LogP contribution in [0.1, 0.15) is 12.0 Å². The number of amidine groups is 1. The van der Waals surface area contributed by atoms with Crippen LogP contribution in [0.15, 0.2) is 46.6 Å². The normalized spacial score (nSPS) is 16.2. The van der Waals surface area contributed by atoms with E-state index in [0.717, 1.165) is 11.8 Å². The number of ether oxygens (including phenoxy) is 3. The summed E-state index contributed by atoms with van der Waals surface area (Å²) in [4.78, 5) is 24.5. The lowest BCUT2D eigenvalue weighted by atomic mass is 10.2. The Balaban J connectivity index is 1.59. The number of nitrogens with zero attached hydrogens (tertiary/aromatic N) is 2. The molecule has 1 aliphatic heterocycles. The molecule has 9 nitrogen and oxygen atoms in total. The second kappa shape index (κ2) is 12.0. The van der Waals surface area contributed by atoms with E-state index in [9.17, 15) is 9.59 Å². The molecule has 11 heteroatoms. The van der Waals surface area contributed by atoms with Gasteiger partial charge in [0.15, 0.2) is 16.7 Å². The summed E-state index contributed by atoms with van der Waals surface area (Å²) in [6.45, 7) is 0.0490. The van der Waals surface area contributed by atoms with E-state index in [2.05, 4.69) is 26.8 Å². The SMILES string of the molecule is C#CCOc1c(Cl)cc(C=N/N=C2/NC(=O)C(CC(=O)Nc3ccc(OC)cc3)S2)cc1OC. The number of thioether (sulfide) groups is 1. The van der Waals surface area contributed by atoms with Gasteiger partial charge in [-0.2, -0.15) is 5.10 Å². The van der Waals surface area contributed by atoms with Gasteiger partial charge in [0.1, 0.15) is 17.6 Å². The van der Waals surface area contributed by atoms with Gasteiger partial charge < -0.3 is 24.8 Å². The van der Waals surface area contributed by atoms with E-state index < -0.39 is 5.25 Å². The zero-order chi connectivity index (χ0) is 24.5. The van der Waals surface area contributed by atoms with Gasteiger partial charge in [0, 0.05) is 17.7 Å². The molecule has 0 aliphatic carbocycles. The predicted octanol–water partition coefficient (Wildman–Crippen LogP) is 3.32. The zero-order valence-electron chi connectivity index (χ0n) is 18.3. The molecule has 2 aromatic carbocycles. The number of rotatable bonds is 9. The van der Waals surface area contributed by atoms with Crippen molar-refractivity contribution in [3.05, 3.63) is 47.0 Å². The van der Waals surface area contributed by atoms with Gasteiger partial charge >= 0.3 is 0 Å². The van der Waals surface area contributed by atoms with E-state index in [1.54, 1.807) is 43.5 Å². The topological polar surface area (TPSA) is 111 Å². The van der Waals surface area contributed by atoms with Crippen LogP contribution in [0.25, 0.3) is 0 Å². The Kier molecular flexibility index (Phi) is 8.79. The molecule has 1 unspecified atom stereocenters. The summed E-state index contributed by atoms with van der Waals surface area (Å²) < 4.78 is 15.8. The molecule has 1 saturated heterocycles. The van der Waals surface area contributed by atoms with E-state index in [1.165, 1.54) is 13.3 Å². The molecule has 176 valence electrons. The molecule has 1 aliphatic rings. The first-order valence-corrected chi connectivity index (χ1v) is 11.2. The Morgan fingerprint density at radius 3 is 2.74 bits per heavy atom. The first-order chi connectivity index (χ1) is 16.4. The molecule has 1 fully saturated rings. The highest BCUT2D eigenvalue weighted by atomic mass is 35.5. The Bertz CT molecular complexity index is 1160. The quantitative estimate of drug-likeness (QED) is 0.310. The molecule has 2 N–H and O–H groups in total. The van der Waals surface area contributed by atoms with Crippen LogP contribution >= 0.6 is 23.4 Å². The van der Waals surface area contributed by atoms with E-state index in [-0.39, 0.29) is 30.0 Å². The monoisotopic (exact) mass is 500 g/mol. The first-order valence-electron chi connectivity index (χ1n) is 9.89. The number of hydrogen-bond acceptors (Lipinski definition) is 8. The van der Waals surface area contributed by atoms with Crippen molar-refractivity contribution >= 4 is 52.2 Å². The average molecular weight is 501 g/mol. The third-order valence-electron chi connectivity index (χ3n) is 4.43. The molecular weight excluding hydrogens is 480 g/mol. The number of carbonyl (C=O) groups is 2. The van der Waals surface area contributed by atoms with Crippen LogP contribution in [-0.2, 0) is 9.59 Å². The highest BCUT2D eigenvalue weighted by Gasteiger charge is 2.32. The lowest BCUT2D eigenvalue weighted by Gasteiger charge is -2.11. The third-order valence-corrected chi connectivity index (χ3v) is 5.78. The summed E-state index contributed by atoms with van der Waals surface area (Å²) in [5.41, 5.74) is 1.21. The number of nitrogens with one attached hydrogen (secondary N) is 2. The van der Waals surface area contributed by atoms with Crippen molar-refractivity contribution in [3.63, 3.8) is 0 Å². The van der Waals surface area contributed by atoms with Crippen LogP contribution in [0.3, 0.4) is 0 Å². The molecule has 2 amide bonds. The van der Waals surface area contributed by atoms with Crippen LogP contribution in [0, 0.1) is 12.3 Å². The van der Waals surface area contributed by atoms with Crippen LogP contribution in [0.5, 0.6) is 17.2 Å². The van der Waals surface area contributed by atoms with Crippen molar-refractivity contribution in [1.82, 2.24) is 5.32 Å². The van der Waals surface area contributed by atoms with Gasteiger partial charge in [-0.05, 0) is 36.4 Å². The first kappa shape index (κ1) is 25.0. The number of hydrogen-bond donors (Lipinski definition) is 2. The zero-order valence-corrected chi connectivity index (χ0v) is 19.9. The van der Waals surface area contributed by atoms with Crippen LogP contribution in [0.2, 0.25) is 5.02 Å². The second-order valence-electron chi connectivity index (χ2n) is 6.75. The molecule has 2 aromatic rings. The van der Waals surface area contributed by atoms with Crippen LogP contribution in [-0.4, -0.2) is 49.3 Å². The Hall–Kier alpha value is -3.68. The maximum absolute atomic E-state index is 12.3. The minimum absolute atomic E-state index is 0.0167. The van der Waals surface area contributed by atoms with Gasteiger partial charge in [0.05, 0.1) is 25.5 Å². The maximum atomic E-state index is 12.3. The molecule has 3 rings (SSSR count). The molecule has 1 heterocycles. The third kappa shape index (κ3) is 6.66. The van der Waals surface area contributed by atoms with E-state index in [4.69, 9.17) is 32.2 Å². The number of halogens is 1. The van der Waals surface area contributed by atoms with Gasteiger partial charge in [0.25, 0.3) is 0 Å². The van der Waals surface area contributed by atoms with Crippen molar-refractivity contribution in [2.45, 2.75) is 11.7 Å². The van der Waals surface area contributed by atoms with E-state index in [0.29, 0.717) is 33.5 Å². The lowest BCUT2D eigenvalue weighted by Crippen LogP contribution is -2.28. The molecule has 34 heavy (non-hydrogen) atoms. The number of carbonyl (C=O) groups excluding carboxylic acids is 2. The summed E-state index contributed by atoms with van der Waals surface area (Å²) >= 11 is 7.37. The Morgan fingerprint density at radius 1 is 1.29 bits per heavy atom.